The number of hydrogen-bond donors (Lipinski definition) is 2. The van der Waals surface area contributed by atoms with Crippen molar-refractivity contribution in [2.75, 3.05) is 27.2 Å². The number of nitrogens with zero attached hydrogens (tertiary/aromatic N) is 1. The first-order valence-electron chi connectivity index (χ1n) is 2.83. The van der Waals surface area contributed by atoms with E-state index in [2.05, 4.69) is 5.32 Å². The Morgan fingerprint density at radius 1 is 1.78 bits per heavy atom. The van der Waals surface area contributed by atoms with E-state index in [1.807, 2.05) is 7.05 Å². The van der Waals surface area contributed by atoms with Gasteiger partial charge in [-0.2, -0.15) is 0 Å². The third-order valence-electron chi connectivity index (χ3n) is 1.07. The second-order valence-corrected chi connectivity index (χ2v) is 1.86. The fourth-order valence-corrected chi connectivity index (χ4v) is 0.390. The number of primary amides is 1. The van der Waals surface area contributed by atoms with Crippen LogP contribution in [0.4, 0.5) is 4.79 Å². The average Bonchev–Trinajstić information content (AvgIpc) is 1.82. The highest BCUT2D eigenvalue weighted by molar-refractivity contribution is 5.71. The smallest absolute Gasteiger partial charge is 0.314 e. The number of urea groups is 1. The van der Waals surface area contributed by atoms with Crippen LogP contribution in [0, 0.1) is 0 Å². The van der Waals surface area contributed by atoms with Crippen LogP contribution in [0.5, 0.6) is 0 Å². The summed E-state index contributed by atoms with van der Waals surface area (Å²) in [4.78, 5) is 11.8. The molecule has 0 spiro atoms. The fourth-order valence-electron chi connectivity index (χ4n) is 0.390. The van der Waals surface area contributed by atoms with Gasteiger partial charge < -0.3 is 16.0 Å². The van der Waals surface area contributed by atoms with Crippen molar-refractivity contribution in [1.29, 1.82) is 0 Å². The van der Waals surface area contributed by atoms with E-state index in [9.17, 15) is 4.79 Å². The molecule has 0 saturated heterocycles. The molecule has 2 amide bonds. The van der Waals surface area contributed by atoms with Gasteiger partial charge in [0.05, 0.1) is 0 Å². The molecule has 0 atom stereocenters. The first kappa shape index (κ1) is 8.23. The van der Waals surface area contributed by atoms with Crippen molar-refractivity contribution in [3.05, 3.63) is 0 Å². The molecular weight excluding hydrogens is 118 g/mol. The summed E-state index contributed by atoms with van der Waals surface area (Å²) < 4.78 is 0. The maximum absolute atomic E-state index is 10.3. The van der Waals surface area contributed by atoms with Crippen molar-refractivity contribution >= 4 is 6.03 Å². The Morgan fingerprint density at radius 3 is 2.67 bits per heavy atom. The van der Waals surface area contributed by atoms with E-state index in [-0.39, 0.29) is 6.03 Å². The van der Waals surface area contributed by atoms with Gasteiger partial charge in [-0.05, 0) is 7.05 Å². The van der Waals surface area contributed by atoms with Gasteiger partial charge in [0, 0.05) is 20.1 Å². The number of carbonyl (C=O) groups excluding carboxylic acids is 1. The molecule has 3 N–H and O–H groups in total. The standard InChI is InChI=1S/C5H13N3O/c1-7-3-4-8(2)5(6)9/h7H,3-4H2,1-2H3,(H2,6,9). The summed E-state index contributed by atoms with van der Waals surface area (Å²) >= 11 is 0. The molecule has 0 aliphatic rings. The molecule has 0 heterocycles. The predicted molar refractivity (Wildman–Crippen MR) is 36.1 cm³/mol. The van der Waals surface area contributed by atoms with Crippen molar-refractivity contribution in [3.63, 3.8) is 0 Å². The second kappa shape index (κ2) is 4.14. The first-order valence-corrected chi connectivity index (χ1v) is 2.83. The summed E-state index contributed by atoms with van der Waals surface area (Å²) in [5, 5.41) is 2.90. The topological polar surface area (TPSA) is 58.4 Å². The van der Waals surface area contributed by atoms with Gasteiger partial charge in [0.2, 0.25) is 0 Å². The molecule has 0 fully saturated rings. The predicted octanol–water partition coefficient (Wildman–Crippen LogP) is -0.784. The minimum Gasteiger partial charge on any atom is -0.351 e. The third kappa shape index (κ3) is 3.78. The minimum atomic E-state index is -0.384. The molecule has 4 nitrogen and oxygen atoms in total. The molecule has 0 bridgehead atoms. The van der Waals surface area contributed by atoms with Crippen LogP contribution >= 0.6 is 0 Å². The van der Waals surface area contributed by atoms with E-state index in [0.717, 1.165) is 6.54 Å². The van der Waals surface area contributed by atoms with Gasteiger partial charge in [-0.3, -0.25) is 0 Å². The van der Waals surface area contributed by atoms with Crippen LogP contribution in [-0.4, -0.2) is 38.1 Å². The van der Waals surface area contributed by atoms with Gasteiger partial charge in [0.1, 0.15) is 0 Å². The van der Waals surface area contributed by atoms with Crippen LogP contribution in [0.15, 0.2) is 0 Å². The summed E-state index contributed by atoms with van der Waals surface area (Å²) in [6.45, 7) is 1.44. The van der Waals surface area contributed by atoms with E-state index in [1.54, 1.807) is 7.05 Å². The van der Waals surface area contributed by atoms with Gasteiger partial charge >= 0.3 is 6.03 Å². The summed E-state index contributed by atoms with van der Waals surface area (Å²) in [5.41, 5.74) is 4.94. The number of rotatable bonds is 3. The summed E-state index contributed by atoms with van der Waals surface area (Å²) in [6.07, 6.45) is 0. The second-order valence-electron chi connectivity index (χ2n) is 1.86. The molecule has 0 unspecified atom stereocenters. The normalized spacial score (nSPS) is 9.11. The molecule has 0 aromatic rings. The van der Waals surface area contributed by atoms with Crippen LogP contribution in [0.25, 0.3) is 0 Å². The van der Waals surface area contributed by atoms with Crippen LogP contribution in [0.1, 0.15) is 0 Å². The summed E-state index contributed by atoms with van der Waals surface area (Å²) in [5.74, 6) is 0. The molecule has 0 aromatic carbocycles. The maximum atomic E-state index is 10.3. The Morgan fingerprint density at radius 2 is 2.33 bits per heavy atom. The highest BCUT2D eigenvalue weighted by Gasteiger charge is 1.98. The van der Waals surface area contributed by atoms with E-state index in [0.29, 0.717) is 6.54 Å². The maximum Gasteiger partial charge on any atom is 0.314 e. The largest absolute Gasteiger partial charge is 0.351 e. The van der Waals surface area contributed by atoms with E-state index in [1.165, 1.54) is 4.90 Å². The lowest BCUT2D eigenvalue weighted by Crippen LogP contribution is -2.36. The molecule has 54 valence electrons. The van der Waals surface area contributed by atoms with Crippen molar-refractivity contribution < 1.29 is 4.79 Å². The number of nitrogens with two attached hydrogens (primary N) is 1. The molecule has 0 saturated carbocycles. The number of carbonyl (C=O) groups is 1. The Hall–Kier alpha value is -0.770. The number of hydrogen-bond acceptors (Lipinski definition) is 2. The molecule has 0 radical (unpaired) electrons. The summed E-state index contributed by atoms with van der Waals surface area (Å²) in [6, 6.07) is -0.384. The Labute approximate surface area is 55.0 Å². The van der Waals surface area contributed by atoms with Gasteiger partial charge in [-0.25, -0.2) is 4.79 Å². The molecule has 0 rings (SSSR count). The van der Waals surface area contributed by atoms with Crippen molar-refractivity contribution in [1.82, 2.24) is 10.2 Å². The van der Waals surface area contributed by atoms with E-state index < -0.39 is 0 Å². The Bertz CT molecular complexity index is 94.2. The van der Waals surface area contributed by atoms with E-state index in [4.69, 9.17) is 5.73 Å². The molecule has 0 aliphatic heterocycles. The number of likely N-dealkylation sites (N-methyl/N-ethyl adjacent to an activating group) is 2. The quantitative estimate of drug-likeness (QED) is 0.527. The molecule has 4 heteroatoms. The van der Waals surface area contributed by atoms with Crippen LogP contribution in [0.3, 0.4) is 0 Å². The lowest BCUT2D eigenvalue weighted by atomic mass is 10.6. The van der Waals surface area contributed by atoms with Gasteiger partial charge in [-0.1, -0.05) is 0 Å². The fraction of sp³-hybridized carbons (Fsp3) is 0.800. The molecule has 0 aromatic heterocycles. The molecule has 9 heavy (non-hydrogen) atoms. The summed E-state index contributed by atoms with van der Waals surface area (Å²) in [7, 11) is 3.49. The van der Waals surface area contributed by atoms with Crippen molar-refractivity contribution in [3.8, 4) is 0 Å². The lowest BCUT2D eigenvalue weighted by molar-refractivity contribution is 0.219. The SMILES string of the molecule is CNCCN(C)C(N)=O. The zero-order valence-electron chi connectivity index (χ0n) is 5.85. The third-order valence-corrected chi connectivity index (χ3v) is 1.07. The highest BCUT2D eigenvalue weighted by Crippen LogP contribution is 1.76. The monoisotopic (exact) mass is 131 g/mol. The lowest BCUT2D eigenvalue weighted by Gasteiger charge is -2.12. The van der Waals surface area contributed by atoms with Crippen LogP contribution in [0.2, 0.25) is 0 Å². The molecule has 0 aliphatic carbocycles. The van der Waals surface area contributed by atoms with Gasteiger partial charge in [0.15, 0.2) is 0 Å². The minimum absolute atomic E-state index is 0.384. The Kier molecular flexibility index (Phi) is 3.79. The first-order chi connectivity index (χ1) is 4.18. The van der Waals surface area contributed by atoms with Gasteiger partial charge in [0.25, 0.3) is 0 Å². The van der Waals surface area contributed by atoms with Gasteiger partial charge in [-0.15, -0.1) is 0 Å². The zero-order chi connectivity index (χ0) is 7.28. The van der Waals surface area contributed by atoms with Crippen LogP contribution < -0.4 is 11.1 Å². The molecular formula is C5H13N3O. The van der Waals surface area contributed by atoms with E-state index >= 15 is 0 Å². The zero-order valence-corrected chi connectivity index (χ0v) is 5.85. The van der Waals surface area contributed by atoms with Crippen molar-refractivity contribution in [2.24, 2.45) is 5.73 Å². The van der Waals surface area contributed by atoms with Crippen LogP contribution in [-0.2, 0) is 0 Å². The average molecular weight is 131 g/mol. The number of amides is 2. The van der Waals surface area contributed by atoms with Crippen molar-refractivity contribution in [2.45, 2.75) is 0 Å². The highest BCUT2D eigenvalue weighted by atomic mass is 16.2. The number of nitrogens with one attached hydrogen (secondary N) is 1. The Balaban J connectivity index is 3.27.